The topological polar surface area (TPSA) is 91.2 Å². The van der Waals surface area contributed by atoms with Crippen LogP contribution < -0.4 is 14.8 Å². The van der Waals surface area contributed by atoms with Gasteiger partial charge in [-0.05, 0) is 71.1 Å². The molecule has 0 aliphatic heterocycles. The van der Waals surface area contributed by atoms with Crippen LogP contribution in [0.5, 0.6) is 11.5 Å². The summed E-state index contributed by atoms with van der Waals surface area (Å²) in [6.07, 6.45) is 3.23. The summed E-state index contributed by atoms with van der Waals surface area (Å²) in [6, 6.07) is 9.37. The Morgan fingerprint density at radius 1 is 1.18 bits per heavy atom. The van der Waals surface area contributed by atoms with E-state index in [0.717, 1.165) is 29.7 Å². The molecular formula is C20H21N5O3. The first-order valence-electron chi connectivity index (χ1n) is 9.00. The third-order valence-corrected chi connectivity index (χ3v) is 5.10. The maximum atomic E-state index is 12.9. The van der Waals surface area contributed by atoms with E-state index in [9.17, 15) is 4.79 Å². The third kappa shape index (κ3) is 3.17. The average Bonchev–Trinajstić information content (AvgIpc) is 3.37. The van der Waals surface area contributed by atoms with Crippen LogP contribution in [0.2, 0.25) is 0 Å². The fourth-order valence-corrected chi connectivity index (χ4v) is 3.59. The minimum absolute atomic E-state index is 0.0694. The number of carbonyl (C=O) groups excluding carboxylic acids is 1. The van der Waals surface area contributed by atoms with Gasteiger partial charge >= 0.3 is 0 Å². The largest absolute Gasteiger partial charge is 0.493 e. The number of nitrogens with zero attached hydrogens (tertiary/aromatic N) is 4. The summed E-state index contributed by atoms with van der Waals surface area (Å²) >= 11 is 0. The number of amides is 1. The van der Waals surface area contributed by atoms with Crippen molar-refractivity contribution in [2.75, 3.05) is 14.2 Å². The van der Waals surface area contributed by atoms with Crippen molar-refractivity contribution in [2.24, 2.45) is 0 Å². The Balaban J connectivity index is 1.59. The molecule has 0 bridgehead atoms. The van der Waals surface area contributed by atoms with Gasteiger partial charge in [0.1, 0.15) is 6.33 Å². The summed E-state index contributed by atoms with van der Waals surface area (Å²) in [7, 11) is 3.23. The lowest BCUT2D eigenvalue weighted by molar-refractivity contribution is 0.0936. The number of aryl methyl sites for hydroxylation is 2. The van der Waals surface area contributed by atoms with Gasteiger partial charge in [0.05, 0.1) is 25.9 Å². The molecule has 144 valence electrons. The maximum absolute atomic E-state index is 12.9. The molecule has 0 saturated carbocycles. The summed E-state index contributed by atoms with van der Waals surface area (Å²) in [4.78, 5) is 12.9. The van der Waals surface area contributed by atoms with Gasteiger partial charge in [0.2, 0.25) is 0 Å². The van der Waals surface area contributed by atoms with E-state index in [2.05, 4.69) is 20.8 Å². The van der Waals surface area contributed by atoms with Gasteiger partial charge in [-0.2, -0.15) is 0 Å². The van der Waals surface area contributed by atoms with E-state index in [4.69, 9.17) is 9.47 Å². The predicted octanol–water partition coefficient (Wildman–Crippen LogP) is 2.41. The number of benzene rings is 2. The summed E-state index contributed by atoms with van der Waals surface area (Å²) in [5.74, 6) is 1.23. The average molecular weight is 379 g/mol. The molecule has 1 amide bonds. The van der Waals surface area contributed by atoms with Gasteiger partial charge in [-0.15, -0.1) is 5.10 Å². The van der Waals surface area contributed by atoms with Crippen LogP contribution in [-0.2, 0) is 6.42 Å². The molecule has 1 N–H and O–H groups in total. The zero-order valence-corrected chi connectivity index (χ0v) is 16.0. The van der Waals surface area contributed by atoms with Crippen molar-refractivity contribution in [3.05, 3.63) is 58.9 Å². The second kappa shape index (κ2) is 7.30. The molecule has 0 saturated heterocycles. The number of ether oxygens (including phenoxy) is 2. The van der Waals surface area contributed by atoms with Crippen LogP contribution in [0.3, 0.4) is 0 Å². The molecule has 0 fully saturated rings. The van der Waals surface area contributed by atoms with Gasteiger partial charge < -0.3 is 14.8 Å². The van der Waals surface area contributed by atoms with Crippen LogP contribution in [0, 0.1) is 6.92 Å². The molecule has 1 aromatic heterocycles. The van der Waals surface area contributed by atoms with Gasteiger partial charge in [0, 0.05) is 5.56 Å². The summed E-state index contributed by atoms with van der Waals surface area (Å²) in [5.41, 5.74) is 4.55. The highest BCUT2D eigenvalue weighted by molar-refractivity contribution is 5.95. The molecule has 1 aliphatic carbocycles. The smallest absolute Gasteiger partial charge is 0.251 e. The molecule has 3 aromatic rings. The lowest BCUT2D eigenvalue weighted by Gasteiger charge is -2.17. The fourth-order valence-electron chi connectivity index (χ4n) is 3.59. The first kappa shape index (κ1) is 18.0. The van der Waals surface area contributed by atoms with E-state index in [-0.39, 0.29) is 11.9 Å². The van der Waals surface area contributed by atoms with E-state index in [1.807, 2.05) is 31.2 Å². The van der Waals surface area contributed by atoms with E-state index in [0.29, 0.717) is 17.1 Å². The van der Waals surface area contributed by atoms with E-state index in [1.54, 1.807) is 25.0 Å². The lowest BCUT2D eigenvalue weighted by Crippen LogP contribution is -2.27. The molecule has 8 nitrogen and oxygen atoms in total. The van der Waals surface area contributed by atoms with Gasteiger partial charge in [-0.3, -0.25) is 4.79 Å². The summed E-state index contributed by atoms with van der Waals surface area (Å²) in [6.45, 7) is 1.95. The highest BCUT2D eigenvalue weighted by Crippen LogP contribution is 2.39. The molecule has 1 heterocycles. The van der Waals surface area contributed by atoms with E-state index >= 15 is 0 Å². The number of carbonyl (C=O) groups is 1. The number of methoxy groups -OCH3 is 2. The second-order valence-corrected chi connectivity index (χ2v) is 6.73. The molecule has 1 atom stereocenters. The number of hydrogen-bond donors (Lipinski definition) is 1. The van der Waals surface area contributed by atoms with Gasteiger partial charge in [-0.1, -0.05) is 6.07 Å². The fraction of sp³-hybridized carbons (Fsp3) is 0.300. The first-order chi connectivity index (χ1) is 13.6. The minimum atomic E-state index is -0.137. The lowest BCUT2D eigenvalue weighted by atomic mass is 10.1. The van der Waals surface area contributed by atoms with Crippen LogP contribution in [0.15, 0.2) is 36.7 Å². The normalized spacial score (nSPS) is 15.2. The molecule has 28 heavy (non-hydrogen) atoms. The van der Waals surface area contributed by atoms with E-state index in [1.165, 1.54) is 11.9 Å². The molecule has 1 aliphatic rings. The van der Waals surface area contributed by atoms with Crippen molar-refractivity contribution in [3.63, 3.8) is 0 Å². The molecule has 4 rings (SSSR count). The van der Waals surface area contributed by atoms with Gasteiger partial charge in [-0.25, -0.2) is 4.68 Å². The van der Waals surface area contributed by atoms with Crippen molar-refractivity contribution in [1.82, 2.24) is 25.5 Å². The number of nitrogens with one attached hydrogen (secondary N) is 1. The van der Waals surface area contributed by atoms with Gasteiger partial charge in [0.25, 0.3) is 5.91 Å². The Hall–Kier alpha value is -3.42. The Kier molecular flexibility index (Phi) is 4.68. The number of aromatic nitrogens is 4. The number of fused-ring (bicyclic) bond motifs is 1. The molecule has 0 radical (unpaired) electrons. The summed E-state index contributed by atoms with van der Waals surface area (Å²) in [5, 5.41) is 14.4. The van der Waals surface area contributed by atoms with Crippen LogP contribution in [0.1, 0.15) is 39.5 Å². The second-order valence-electron chi connectivity index (χ2n) is 6.73. The number of hydrogen-bond acceptors (Lipinski definition) is 6. The molecule has 0 spiro atoms. The highest BCUT2D eigenvalue weighted by Gasteiger charge is 2.27. The summed E-state index contributed by atoms with van der Waals surface area (Å²) < 4.78 is 12.3. The minimum Gasteiger partial charge on any atom is -0.493 e. The third-order valence-electron chi connectivity index (χ3n) is 5.10. The number of tetrazole rings is 1. The van der Waals surface area contributed by atoms with Gasteiger partial charge in [0.15, 0.2) is 11.5 Å². The first-order valence-corrected chi connectivity index (χ1v) is 9.00. The van der Waals surface area contributed by atoms with Crippen LogP contribution in [0.4, 0.5) is 0 Å². The van der Waals surface area contributed by atoms with Crippen molar-refractivity contribution in [3.8, 4) is 17.2 Å². The van der Waals surface area contributed by atoms with Crippen molar-refractivity contribution in [2.45, 2.75) is 25.8 Å². The van der Waals surface area contributed by atoms with Crippen LogP contribution in [0.25, 0.3) is 5.69 Å². The Morgan fingerprint density at radius 2 is 1.96 bits per heavy atom. The van der Waals surface area contributed by atoms with E-state index < -0.39 is 0 Å². The Morgan fingerprint density at radius 3 is 2.68 bits per heavy atom. The Labute approximate surface area is 162 Å². The highest BCUT2D eigenvalue weighted by atomic mass is 16.5. The van der Waals surface area contributed by atoms with Crippen molar-refractivity contribution >= 4 is 5.91 Å². The number of rotatable bonds is 5. The molecular weight excluding hydrogens is 358 g/mol. The molecule has 0 unspecified atom stereocenters. The quantitative estimate of drug-likeness (QED) is 0.732. The maximum Gasteiger partial charge on any atom is 0.251 e. The van der Waals surface area contributed by atoms with Crippen molar-refractivity contribution in [1.29, 1.82) is 0 Å². The molecule has 8 heteroatoms. The van der Waals surface area contributed by atoms with Crippen molar-refractivity contribution < 1.29 is 14.3 Å². The monoisotopic (exact) mass is 379 g/mol. The van der Waals surface area contributed by atoms with Crippen LogP contribution >= 0.6 is 0 Å². The zero-order valence-electron chi connectivity index (χ0n) is 16.0. The predicted molar refractivity (Wildman–Crippen MR) is 102 cm³/mol. The van der Waals surface area contributed by atoms with Crippen LogP contribution in [-0.4, -0.2) is 40.3 Å². The molecule has 2 aromatic carbocycles. The SMILES string of the molecule is COc1cc2c(cc1OC)[C@H](NC(=O)c1ccc(C)c(-n3cnnn3)c1)CC2. The Bertz CT molecular complexity index is 1020. The standard InChI is InChI=1S/C20H21N5O3/c1-12-4-5-14(8-17(12)25-11-21-23-24-25)20(26)22-16-7-6-13-9-18(27-2)19(28-3)10-15(13)16/h4-5,8-11,16H,6-7H2,1-3H3,(H,22,26)/t16-/m1/s1. The zero-order chi connectivity index (χ0) is 19.7.